The molecule has 0 spiro atoms. The Kier molecular flexibility index (Phi) is 4.74. The highest BCUT2D eigenvalue weighted by Crippen LogP contribution is 2.26. The molecule has 0 atom stereocenters. The van der Waals surface area contributed by atoms with Crippen molar-refractivity contribution in [3.8, 4) is 16.9 Å². The first-order valence-electron chi connectivity index (χ1n) is 7.65. The molecule has 3 rings (SSSR count). The Hall–Kier alpha value is -2.82. The molecule has 0 unspecified atom stereocenters. The quantitative estimate of drug-likeness (QED) is 0.627. The van der Waals surface area contributed by atoms with Crippen LogP contribution in [0.4, 0.5) is 17.6 Å². The number of halogens is 4. The van der Waals surface area contributed by atoms with Gasteiger partial charge in [0.15, 0.2) is 11.6 Å². The predicted molar refractivity (Wildman–Crippen MR) is 87.2 cm³/mol. The smallest absolute Gasteiger partial charge is 0.170 e. The zero-order chi connectivity index (χ0) is 18.0. The van der Waals surface area contributed by atoms with Crippen molar-refractivity contribution in [2.45, 2.75) is 12.8 Å². The average molecular weight is 346 g/mol. The van der Waals surface area contributed by atoms with Gasteiger partial charge in [-0.25, -0.2) is 17.6 Å². The number of hydrogen-bond donors (Lipinski definition) is 1. The lowest BCUT2D eigenvalue weighted by molar-refractivity contribution is 0.421. The monoisotopic (exact) mass is 346 g/mol. The number of rotatable bonds is 4. The Morgan fingerprint density at radius 2 is 1.48 bits per heavy atom. The van der Waals surface area contributed by atoms with Gasteiger partial charge in [0.2, 0.25) is 0 Å². The van der Waals surface area contributed by atoms with Crippen molar-refractivity contribution < 1.29 is 22.7 Å². The van der Waals surface area contributed by atoms with Gasteiger partial charge in [-0.05, 0) is 65.9 Å². The molecule has 0 aliphatic rings. The molecule has 0 heterocycles. The lowest BCUT2D eigenvalue weighted by Crippen LogP contribution is -2.00. The van der Waals surface area contributed by atoms with Gasteiger partial charge in [-0.1, -0.05) is 18.2 Å². The minimum atomic E-state index is -1.01. The van der Waals surface area contributed by atoms with Gasteiger partial charge in [0.25, 0.3) is 0 Å². The van der Waals surface area contributed by atoms with E-state index in [4.69, 9.17) is 0 Å². The van der Waals surface area contributed by atoms with Gasteiger partial charge in [0, 0.05) is 5.56 Å². The van der Waals surface area contributed by atoms with Crippen LogP contribution < -0.4 is 0 Å². The van der Waals surface area contributed by atoms with E-state index in [1.54, 1.807) is 12.1 Å². The van der Waals surface area contributed by atoms with Crippen molar-refractivity contribution in [3.63, 3.8) is 0 Å². The van der Waals surface area contributed by atoms with Gasteiger partial charge in [-0.2, -0.15) is 0 Å². The maximum atomic E-state index is 13.9. The van der Waals surface area contributed by atoms with Crippen molar-refractivity contribution in [1.29, 1.82) is 0 Å². The summed E-state index contributed by atoms with van der Waals surface area (Å²) in [4.78, 5) is 0. The fourth-order valence-electron chi connectivity index (χ4n) is 2.71. The third kappa shape index (κ3) is 3.82. The van der Waals surface area contributed by atoms with Gasteiger partial charge in [-0.15, -0.1) is 0 Å². The van der Waals surface area contributed by atoms with Crippen molar-refractivity contribution in [1.82, 2.24) is 0 Å². The summed E-state index contributed by atoms with van der Waals surface area (Å²) in [5.74, 6) is -3.37. The number of aromatic hydroxyl groups is 1. The second-order valence-corrected chi connectivity index (χ2v) is 5.72. The van der Waals surface area contributed by atoms with Crippen LogP contribution in [0, 0.1) is 23.3 Å². The standard InChI is InChI=1S/C20H14F4O/c21-15-3-1-2-13(10-15)14-8-12(9-16(22)11-14)4-5-17-18(23)6-7-19(25)20(17)24/h1-3,6-11,25H,4-5H2. The van der Waals surface area contributed by atoms with Crippen molar-refractivity contribution in [3.05, 3.63) is 89.0 Å². The van der Waals surface area contributed by atoms with Gasteiger partial charge < -0.3 is 5.11 Å². The zero-order valence-electron chi connectivity index (χ0n) is 13.1. The SMILES string of the molecule is Oc1ccc(F)c(CCc2cc(F)cc(-c3cccc(F)c3)c2)c1F. The molecular weight excluding hydrogens is 332 g/mol. The molecule has 0 radical (unpaired) electrons. The second-order valence-electron chi connectivity index (χ2n) is 5.72. The topological polar surface area (TPSA) is 20.2 Å². The van der Waals surface area contributed by atoms with Crippen LogP contribution in [0.25, 0.3) is 11.1 Å². The lowest BCUT2D eigenvalue weighted by atomic mass is 9.98. The minimum Gasteiger partial charge on any atom is -0.505 e. The van der Waals surface area contributed by atoms with Crippen molar-refractivity contribution >= 4 is 0 Å². The van der Waals surface area contributed by atoms with Crippen LogP contribution in [0.1, 0.15) is 11.1 Å². The van der Waals surface area contributed by atoms with Crippen LogP contribution in [0.2, 0.25) is 0 Å². The maximum Gasteiger partial charge on any atom is 0.170 e. The van der Waals surface area contributed by atoms with E-state index in [0.717, 1.165) is 12.1 Å². The van der Waals surface area contributed by atoms with Crippen LogP contribution in [0.5, 0.6) is 5.75 Å². The number of benzene rings is 3. The first kappa shape index (κ1) is 17.0. The molecular formula is C20H14F4O. The molecule has 0 bridgehead atoms. The van der Waals surface area contributed by atoms with Gasteiger partial charge in [0.1, 0.15) is 17.5 Å². The summed E-state index contributed by atoms with van der Waals surface area (Å²) in [5, 5.41) is 9.35. The van der Waals surface area contributed by atoms with Crippen LogP contribution in [0.3, 0.4) is 0 Å². The summed E-state index contributed by atoms with van der Waals surface area (Å²) in [6, 6.07) is 11.9. The zero-order valence-corrected chi connectivity index (χ0v) is 13.1. The largest absolute Gasteiger partial charge is 0.505 e. The summed E-state index contributed by atoms with van der Waals surface area (Å²) in [6.07, 6.45) is 0.121. The van der Waals surface area contributed by atoms with E-state index in [1.807, 2.05) is 0 Å². The Labute approximate surface area is 142 Å². The molecule has 0 saturated heterocycles. The first-order chi connectivity index (χ1) is 11.9. The number of aryl methyl sites for hydroxylation is 1. The minimum absolute atomic E-state index is 0.0435. The molecule has 3 aromatic carbocycles. The molecule has 0 aromatic heterocycles. The summed E-state index contributed by atoms with van der Waals surface area (Å²) in [7, 11) is 0. The molecule has 0 aliphatic heterocycles. The average Bonchev–Trinajstić information content (AvgIpc) is 2.58. The van der Waals surface area contributed by atoms with E-state index in [0.29, 0.717) is 16.7 Å². The molecule has 0 saturated carbocycles. The summed E-state index contributed by atoms with van der Waals surface area (Å²) >= 11 is 0. The highest BCUT2D eigenvalue weighted by molar-refractivity contribution is 5.64. The summed E-state index contributed by atoms with van der Waals surface area (Å²) in [5.41, 5.74) is 1.25. The van der Waals surface area contributed by atoms with Crippen LogP contribution >= 0.6 is 0 Å². The number of hydrogen-bond acceptors (Lipinski definition) is 1. The van der Waals surface area contributed by atoms with Gasteiger partial charge in [-0.3, -0.25) is 0 Å². The molecule has 1 nitrogen and oxygen atoms in total. The molecule has 0 fully saturated rings. The van der Waals surface area contributed by atoms with E-state index in [9.17, 15) is 22.7 Å². The maximum absolute atomic E-state index is 13.9. The van der Waals surface area contributed by atoms with E-state index in [1.165, 1.54) is 30.3 Å². The first-order valence-corrected chi connectivity index (χ1v) is 7.65. The van der Waals surface area contributed by atoms with Crippen molar-refractivity contribution in [2.75, 3.05) is 0 Å². The summed E-state index contributed by atoms with van der Waals surface area (Å²) < 4.78 is 54.8. The second kappa shape index (κ2) is 6.97. The third-order valence-corrected chi connectivity index (χ3v) is 3.94. The summed E-state index contributed by atoms with van der Waals surface area (Å²) in [6.45, 7) is 0. The van der Waals surface area contributed by atoms with Crippen LogP contribution in [-0.2, 0) is 12.8 Å². The van der Waals surface area contributed by atoms with Crippen LogP contribution in [-0.4, -0.2) is 5.11 Å². The number of phenols is 1. The van der Waals surface area contributed by atoms with E-state index < -0.39 is 29.0 Å². The fourth-order valence-corrected chi connectivity index (χ4v) is 2.71. The van der Waals surface area contributed by atoms with Crippen LogP contribution in [0.15, 0.2) is 54.6 Å². The Balaban J connectivity index is 1.88. The van der Waals surface area contributed by atoms with Gasteiger partial charge in [0.05, 0.1) is 0 Å². The fraction of sp³-hybridized carbons (Fsp3) is 0.100. The molecule has 25 heavy (non-hydrogen) atoms. The molecule has 1 N–H and O–H groups in total. The lowest BCUT2D eigenvalue weighted by Gasteiger charge is -2.09. The van der Waals surface area contributed by atoms with E-state index >= 15 is 0 Å². The van der Waals surface area contributed by atoms with E-state index in [-0.39, 0.29) is 18.4 Å². The molecule has 0 amide bonds. The predicted octanol–water partition coefficient (Wildman–Crippen LogP) is 5.40. The van der Waals surface area contributed by atoms with Gasteiger partial charge >= 0.3 is 0 Å². The molecule has 5 heteroatoms. The Morgan fingerprint density at radius 1 is 0.720 bits per heavy atom. The van der Waals surface area contributed by atoms with E-state index in [2.05, 4.69) is 0 Å². The third-order valence-electron chi connectivity index (χ3n) is 3.94. The normalized spacial score (nSPS) is 10.9. The highest BCUT2D eigenvalue weighted by Gasteiger charge is 2.13. The number of phenolic OH excluding ortho intramolecular Hbond substituents is 1. The highest BCUT2D eigenvalue weighted by atomic mass is 19.1. The Morgan fingerprint density at radius 3 is 2.24 bits per heavy atom. The molecule has 128 valence electrons. The molecule has 3 aromatic rings. The molecule has 0 aliphatic carbocycles. The Bertz CT molecular complexity index is 922. The van der Waals surface area contributed by atoms with Crippen molar-refractivity contribution in [2.24, 2.45) is 0 Å².